The number of hydrogen-bond acceptors (Lipinski definition) is 3. The second kappa shape index (κ2) is 5.10. The molecule has 104 valence electrons. The van der Waals surface area contributed by atoms with Crippen LogP contribution in [0.3, 0.4) is 0 Å². The molecule has 0 radical (unpaired) electrons. The van der Waals surface area contributed by atoms with E-state index in [9.17, 15) is 5.11 Å². The zero-order chi connectivity index (χ0) is 12.5. The summed E-state index contributed by atoms with van der Waals surface area (Å²) in [6, 6.07) is 0. The van der Waals surface area contributed by atoms with Crippen molar-refractivity contribution in [3.8, 4) is 0 Å². The average Bonchev–Trinajstić information content (AvgIpc) is 2.69. The largest absolute Gasteiger partial charge is 0.390 e. The lowest BCUT2D eigenvalue weighted by Gasteiger charge is -2.45. The van der Waals surface area contributed by atoms with Crippen LogP contribution < -0.4 is 5.32 Å². The van der Waals surface area contributed by atoms with Crippen LogP contribution in [-0.2, 0) is 4.74 Å². The van der Waals surface area contributed by atoms with Crippen molar-refractivity contribution in [3.63, 3.8) is 0 Å². The summed E-state index contributed by atoms with van der Waals surface area (Å²) in [4.78, 5) is 0. The molecule has 0 aromatic heterocycles. The van der Waals surface area contributed by atoms with Gasteiger partial charge in [-0.15, -0.1) is 0 Å². The Morgan fingerprint density at radius 1 is 1.00 bits per heavy atom. The predicted molar refractivity (Wildman–Crippen MR) is 71.5 cm³/mol. The molecule has 3 heteroatoms. The van der Waals surface area contributed by atoms with Crippen molar-refractivity contribution < 1.29 is 9.84 Å². The lowest BCUT2D eigenvalue weighted by atomic mass is 9.72. The van der Waals surface area contributed by atoms with E-state index in [1.807, 2.05) is 0 Å². The molecular weight excluding hydrogens is 226 g/mol. The number of aliphatic hydroxyl groups is 1. The molecule has 2 saturated heterocycles. The molecule has 1 saturated carbocycles. The maximum absolute atomic E-state index is 11.0. The molecule has 0 amide bonds. The van der Waals surface area contributed by atoms with E-state index in [2.05, 4.69) is 5.32 Å². The first-order valence-corrected chi connectivity index (χ1v) is 7.80. The fraction of sp³-hybridized carbons (Fsp3) is 1.00. The summed E-state index contributed by atoms with van der Waals surface area (Å²) in [5, 5.41) is 14.4. The lowest BCUT2D eigenvalue weighted by molar-refractivity contribution is -0.143. The molecule has 3 fully saturated rings. The van der Waals surface area contributed by atoms with E-state index in [1.54, 1.807) is 0 Å². The minimum atomic E-state index is -0.428. The van der Waals surface area contributed by atoms with Gasteiger partial charge in [-0.1, -0.05) is 12.8 Å². The van der Waals surface area contributed by atoms with Crippen molar-refractivity contribution in [2.24, 2.45) is 5.92 Å². The van der Waals surface area contributed by atoms with Gasteiger partial charge in [-0.05, 0) is 64.0 Å². The van der Waals surface area contributed by atoms with E-state index < -0.39 is 5.60 Å². The van der Waals surface area contributed by atoms with Gasteiger partial charge in [0, 0.05) is 6.61 Å². The van der Waals surface area contributed by atoms with Crippen LogP contribution in [0.5, 0.6) is 0 Å². The highest BCUT2D eigenvalue weighted by molar-refractivity contribution is 4.98. The highest BCUT2D eigenvalue weighted by Crippen LogP contribution is 2.46. The van der Waals surface area contributed by atoms with Gasteiger partial charge in [0.15, 0.2) is 0 Å². The fourth-order valence-corrected chi connectivity index (χ4v) is 4.34. The van der Waals surface area contributed by atoms with Crippen LogP contribution in [0.25, 0.3) is 0 Å². The third kappa shape index (κ3) is 2.45. The van der Waals surface area contributed by atoms with E-state index in [-0.39, 0.29) is 5.60 Å². The first-order chi connectivity index (χ1) is 8.73. The molecule has 3 rings (SSSR count). The zero-order valence-corrected chi connectivity index (χ0v) is 11.4. The van der Waals surface area contributed by atoms with E-state index in [1.165, 1.54) is 25.7 Å². The standard InChI is InChI=1S/C15H27NO2/c17-15(7-3-9-16-10-8-15)13-4-11-18-14(12-13)5-1-2-6-14/h13,16-17H,1-12H2. The summed E-state index contributed by atoms with van der Waals surface area (Å²) >= 11 is 0. The number of rotatable bonds is 1. The van der Waals surface area contributed by atoms with E-state index >= 15 is 0 Å². The Hall–Kier alpha value is -0.120. The summed E-state index contributed by atoms with van der Waals surface area (Å²) in [5.41, 5.74) is -0.290. The summed E-state index contributed by atoms with van der Waals surface area (Å²) in [7, 11) is 0. The SMILES string of the molecule is OC1(C2CCOC3(CCCC3)C2)CCCNCC1. The summed E-state index contributed by atoms with van der Waals surface area (Å²) in [5.74, 6) is 0.462. The summed E-state index contributed by atoms with van der Waals surface area (Å²) in [6.45, 7) is 2.90. The fourth-order valence-electron chi connectivity index (χ4n) is 4.34. The summed E-state index contributed by atoms with van der Waals surface area (Å²) in [6.07, 6.45) is 10.2. The Morgan fingerprint density at radius 2 is 1.83 bits per heavy atom. The van der Waals surface area contributed by atoms with Crippen molar-refractivity contribution in [2.45, 2.75) is 69.0 Å². The van der Waals surface area contributed by atoms with Crippen molar-refractivity contribution >= 4 is 0 Å². The molecule has 2 unspecified atom stereocenters. The number of ether oxygens (including phenoxy) is 1. The van der Waals surface area contributed by atoms with Gasteiger partial charge in [0.1, 0.15) is 0 Å². The topological polar surface area (TPSA) is 41.5 Å². The summed E-state index contributed by atoms with van der Waals surface area (Å²) < 4.78 is 6.10. The predicted octanol–water partition coefficient (Wildman–Crippen LogP) is 2.23. The maximum Gasteiger partial charge on any atom is 0.0690 e. The Bertz CT molecular complexity index is 278. The minimum absolute atomic E-state index is 0.137. The van der Waals surface area contributed by atoms with Crippen LogP contribution in [0.15, 0.2) is 0 Å². The first-order valence-electron chi connectivity index (χ1n) is 7.80. The molecule has 2 heterocycles. The molecule has 1 aliphatic carbocycles. The third-order valence-electron chi connectivity index (χ3n) is 5.47. The van der Waals surface area contributed by atoms with Crippen LogP contribution in [0, 0.1) is 5.92 Å². The van der Waals surface area contributed by atoms with Crippen molar-refractivity contribution in [1.82, 2.24) is 5.32 Å². The molecule has 2 N–H and O–H groups in total. The van der Waals surface area contributed by atoms with Gasteiger partial charge in [0.05, 0.1) is 11.2 Å². The van der Waals surface area contributed by atoms with E-state index in [0.29, 0.717) is 5.92 Å². The molecule has 1 spiro atoms. The Kier molecular flexibility index (Phi) is 3.65. The highest BCUT2D eigenvalue weighted by atomic mass is 16.5. The van der Waals surface area contributed by atoms with Crippen LogP contribution in [0.2, 0.25) is 0 Å². The molecular formula is C15H27NO2. The van der Waals surface area contributed by atoms with E-state index in [0.717, 1.165) is 51.8 Å². The van der Waals surface area contributed by atoms with Gasteiger partial charge in [-0.2, -0.15) is 0 Å². The third-order valence-corrected chi connectivity index (χ3v) is 5.47. The van der Waals surface area contributed by atoms with Crippen LogP contribution in [0.4, 0.5) is 0 Å². The number of hydrogen-bond donors (Lipinski definition) is 2. The minimum Gasteiger partial charge on any atom is -0.390 e. The monoisotopic (exact) mass is 253 g/mol. The smallest absolute Gasteiger partial charge is 0.0690 e. The van der Waals surface area contributed by atoms with Gasteiger partial charge in [0.2, 0.25) is 0 Å². The molecule has 0 aromatic rings. The molecule has 0 bridgehead atoms. The molecule has 3 nitrogen and oxygen atoms in total. The maximum atomic E-state index is 11.0. The van der Waals surface area contributed by atoms with Crippen LogP contribution >= 0.6 is 0 Å². The van der Waals surface area contributed by atoms with Gasteiger partial charge in [-0.3, -0.25) is 0 Å². The quantitative estimate of drug-likeness (QED) is 0.753. The molecule has 2 aliphatic heterocycles. The Balaban J connectivity index is 1.70. The molecule has 3 aliphatic rings. The van der Waals surface area contributed by atoms with E-state index in [4.69, 9.17) is 4.74 Å². The Morgan fingerprint density at radius 3 is 2.67 bits per heavy atom. The van der Waals surface area contributed by atoms with Crippen molar-refractivity contribution in [2.75, 3.05) is 19.7 Å². The van der Waals surface area contributed by atoms with Crippen molar-refractivity contribution in [1.29, 1.82) is 0 Å². The Labute approximate surface area is 110 Å². The average molecular weight is 253 g/mol. The second-order valence-electron chi connectivity index (χ2n) is 6.64. The van der Waals surface area contributed by atoms with Crippen LogP contribution in [0.1, 0.15) is 57.8 Å². The van der Waals surface area contributed by atoms with Crippen LogP contribution in [-0.4, -0.2) is 36.0 Å². The molecule has 2 atom stereocenters. The number of nitrogens with one attached hydrogen (secondary N) is 1. The molecule has 0 aromatic carbocycles. The van der Waals surface area contributed by atoms with Gasteiger partial charge >= 0.3 is 0 Å². The second-order valence-corrected chi connectivity index (χ2v) is 6.64. The highest BCUT2D eigenvalue weighted by Gasteiger charge is 2.46. The molecule has 18 heavy (non-hydrogen) atoms. The zero-order valence-electron chi connectivity index (χ0n) is 11.4. The normalized spacial score (nSPS) is 40.8. The van der Waals surface area contributed by atoms with Crippen molar-refractivity contribution in [3.05, 3.63) is 0 Å². The van der Waals surface area contributed by atoms with Gasteiger partial charge < -0.3 is 15.2 Å². The first kappa shape index (κ1) is 12.9. The van der Waals surface area contributed by atoms with Gasteiger partial charge in [-0.25, -0.2) is 0 Å². The van der Waals surface area contributed by atoms with Gasteiger partial charge in [0.25, 0.3) is 0 Å². The lowest BCUT2D eigenvalue weighted by Crippen LogP contribution is -2.48.